The van der Waals surface area contributed by atoms with Crippen LogP contribution in [0, 0.1) is 5.92 Å². The van der Waals surface area contributed by atoms with Crippen LogP contribution < -0.4 is 5.32 Å². The highest BCUT2D eigenvalue weighted by atomic mass is 16.5. The maximum Gasteiger partial charge on any atom is 0.307 e. The molecule has 4 heteroatoms. The van der Waals surface area contributed by atoms with Gasteiger partial charge in [-0.2, -0.15) is 0 Å². The maximum absolute atomic E-state index is 10.6. The summed E-state index contributed by atoms with van der Waals surface area (Å²) in [6.45, 7) is 2.27. The third-order valence-electron chi connectivity index (χ3n) is 3.21. The molecule has 2 aliphatic heterocycles. The van der Waals surface area contributed by atoms with E-state index in [2.05, 4.69) is 5.32 Å². The number of ether oxygens (including phenoxy) is 1. The first-order valence-corrected chi connectivity index (χ1v) is 5.28. The molecule has 80 valence electrons. The number of nitrogens with one attached hydrogen (secondary N) is 1. The minimum absolute atomic E-state index is 0.311. The fraction of sp³-hybridized carbons (Fsp3) is 0.900. The van der Waals surface area contributed by atoms with Gasteiger partial charge < -0.3 is 15.2 Å². The lowest BCUT2D eigenvalue weighted by Crippen LogP contribution is -2.40. The predicted molar refractivity (Wildman–Crippen MR) is 51.1 cm³/mol. The molecule has 0 amide bonds. The van der Waals surface area contributed by atoms with E-state index in [0.29, 0.717) is 24.8 Å². The molecule has 2 fully saturated rings. The van der Waals surface area contributed by atoms with Crippen LogP contribution in [0.5, 0.6) is 0 Å². The van der Waals surface area contributed by atoms with E-state index in [-0.39, 0.29) is 5.92 Å². The highest BCUT2D eigenvalue weighted by Gasteiger charge is 2.40. The van der Waals surface area contributed by atoms with Crippen molar-refractivity contribution >= 4 is 5.97 Å². The molecule has 2 rings (SSSR count). The monoisotopic (exact) mass is 199 g/mol. The van der Waals surface area contributed by atoms with Crippen LogP contribution in [0.15, 0.2) is 0 Å². The zero-order valence-corrected chi connectivity index (χ0v) is 8.40. The smallest absolute Gasteiger partial charge is 0.307 e. The van der Waals surface area contributed by atoms with Gasteiger partial charge in [0.25, 0.3) is 0 Å². The Balaban J connectivity index is 1.74. The number of carboxylic acid groups (broad SMARTS) is 1. The first-order valence-electron chi connectivity index (χ1n) is 5.28. The molecular weight excluding hydrogens is 182 g/mol. The summed E-state index contributed by atoms with van der Waals surface area (Å²) >= 11 is 0. The highest BCUT2D eigenvalue weighted by Crippen LogP contribution is 2.34. The summed E-state index contributed by atoms with van der Waals surface area (Å²) in [6, 6.07) is 0.385. The summed E-state index contributed by atoms with van der Waals surface area (Å²) in [5, 5.41) is 12.0. The van der Waals surface area contributed by atoms with Gasteiger partial charge in [0, 0.05) is 12.6 Å². The van der Waals surface area contributed by atoms with Gasteiger partial charge in [-0.3, -0.25) is 4.79 Å². The molecule has 4 nitrogen and oxygen atoms in total. The average Bonchev–Trinajstić information content (AvgIpc) is 2.74. The van der Waals surface area contributed by atoms with Crippen molar-refractivity contribution in [1.29, 1.82) is 0 Å². The minimum atomic E-state index is -0.735. The van der Waals surface area contributed by atoms with Crippen molar-refractivity contribution < 1.29 is 14.6 Å². The van der Waals surface area contributed by atoms with Crippen LogP contribution in [0.2, 0.25) is 0 Å². The molecule has 0 aromatic carbocycles. The third kappa shape index (κ3) is 1.91. The zero-order valence-electron chi connectivity index (χ0n) is 8.40. The Labute approximate surface area is 83.6 Å². The van der Waals surface area contributed by atoms with E-state index in [1.54, 1.807) is 6.92 Å². The molecule has 2 N–H and O–H groups in total. The van der Waals surface area contributed by atoms with Crippen LogP contribution in [0.3, 0.4) is 0 Å². The molecular formula is C10H17NO3. The van der Waals surface area contributed by atoms with E-state index in [4.69, 9.17) is 9.84 Å². The largest absolute Gasteiger partial charge is 0.481 e. The van der Waals surface area contributed by atoms with Gasteiger partial charge in [0.1, 0.15) is 0 Å². The normalized spacial score (nSPS) is 37.4. The van der Waals surface area contributed by atoms with Crippen LogP contribution in [0.4, 0.5) is 0 Å². The standard InChI is InChI=1S/C10H17NO3/c1-6(10(12)13)5-11-8-4-7-2-3-9(8)14-7/h6-9,11H,2-5H2,1H3,(H,12,13). The van der Waals surface area contributed by atoms with Crippen LogP contribution >= 0.6 is 0 Å². The number of fused-ring (bicyclic) bond motifs is 2. The summed E-state index contributed by atoms with van der Waals surface area (Å²) in [5.74, 6) is -1.05. The van der Waals surface area contributed by atoms with E-state index < -0.39 is 5.97 Å². The molecule has 2 saturated heterocycles. The lowest BCUT2D eigenvalue weighted by molar-refractivity contribution is -0.141. The van der Waals surface area contributed by atoms with Gasteiger partial charge in [0.15, 0.2) is 0 Å². The molecule has 0 aliphatic carbocycles. The molecule has 2 aliphatic rings. The van der Waals surface area contributed by atoms with Gasteiger partial charge in [-0.25, -0.2) is 0 Å². The Morgan fingerprint density at radius 3 is 2.93 bits per heavy atom. The maximum atomic E-state index is 10.6. The summed E-state index contributed by atoms with van der Waals surface area (Å²) in [7, 11) is 0. The second kappa shape index (κ2) is 3.87. The SMILES string of the molecule is CC(CNC1CC2CCC1O2)C(=O)O. The number of hydrogen-bond donors (Lipinski definition) is 2. The molecule has 0 aromatic heterocycles. The Bertz CT molecular complexity index is 231. The van der Waals surface area contributed by atoms with E-state index in [1.165, 1.54) is 6.42 Å². The number of carboxylic acids is 1. The number of rotatable bonds is 4. The van der Waals surface area contributed by atoms with Crippen molar-refractivity contribution in [1.82, 2.24) is 5.32 Å². The quantitative estimate of drug-likeness (QED) is 0.696. The van der Waals surface area contributed by atoms with E-state index in [1.807, 2.05) is 0 Å². The Hall–Kier alpha value is -0.610. The summed E-state index contributed by atoms with van der Waals surface area (Å²) in [6.07, 6.45) is 4.12. The number of carbonyl (C=O) groups is 1. The summed E-state index contributed by atoms with van der Waals surface area (Å²) in [5.41, 5.74) is 0. The van der Waals surface area contributed by atoms with Crippen molar-refractivity contribution in [2.45, 2.75) is 44.4 Å². The van der Waals surface area contributed by atoms with Gasteiger partial charge in [-0.1, -0.05) is 6.92 Å². The lowest BCUT2D eigenvalue weighted by atomic mass is 9.95. The second-order valence-electron chi connectivity index (χ2n) is 4.36. The van der Waals surface area contributed by atoms with Crippen LogP contribution in [-0.4, -0.2) is 35.9 Å². The van der Waals surface area contributed by atoms with E-state index in [9.17, 15) is 4.79 Å². The topological polar surface area (TPSA) is 58.6 Å². The first-order chi connectivity index (χ1) is 6.66. The zero-order chi connectivity index (χ0) is 10.1. The molecule has 2 bridgehead atoms. The van der Waals surface area contributed by atoms with Crippen molar-refractivity contribution in [2.24, 2.45) is 5.92 Å². The van der Waals surface area contributed by atoms with Gasteiger partial charge in [-0.05, 0) is 19.3 Å². The number of aliphatic carboxylic acids is 1. The molecule has 0 spiro atoms. The van der Waals surface area contributed by atoms with Crippen molar-refractivity contribution in [3.05, 3.63) is 0 Å². The second-order valence-corrected chi connectivity index (χ2v) is 4.36. The third-order valence-corrected chi connectivity index (χ3v) is 3.21. The van der Waals surface area contributed by atoms with Crippen LogP contribution in [0.1, 0.15) is 26.2 Å². The number of hydrogen-bond acceptors (Lipinski definition) is 3. The minimum Gasteiger partial charge on any atom is -0.481 e. The predicted octanol–water partition coefficient (Wildman–Crippen LogP) is 0.617. The Morgan fingerprint density at radius 2 is 2.43 bits per heavy atom. The molecule has 2 heterocycles. The van der Waals surface area contributed by atoms with Crippen molar-refractivity contribution in [3.63, 3.8) is 0 Å². The van der Waals surface area contributed by atoms with Crippen molar-refractivity contribution in [3.8, 4) is 0 Å². The average molecular weight is 199 g/mol. The molecule has 0 radical (unpaired) electrons. The highest BCUT2D eigenvalue weighted by molar-refractivity contribution is 5.69. The lowest BCUT2D eigenvalue weighted by Gasteiger charge is -2.21. The van der Waals surface area contributed by atoms with E-state index in [0.717, 1.165) is 12.8 Å². The Kier molecular flexibility index (Phi) is 2.74. The first kappa shape index (κ1) is 9.93. The molecule has 0 saturated carbocycles. The molecule has 14 heavy (non-hydrogen) atoms. The molecule has 4 unspecified atom stereocenters. The van der Waals surface area contributed by atoms with Gasteiger partial charge in [0.05, 0.1) is 18.1 Å². The summed E-state index contributed by atoms with van der Waals surface area (Å²) in [4.78, 5) is 10.6. The van der Waals surface area contributed by atoms with Gasteiger partial charge in [0.2, 0.25) is 0 Å². The van der Waals surface area contributed by atoms with Crippen LogP contribution in [-0.2, 0) is 9.53 Å². The van der Waals surface area contributed by atoms with Crippen molar-refractivity contribution in [2.75, 3.05) is 6.54 Å². The fourth-order valence-electron chi connectivity index (χ4n) is 2.27. The molecule has 0 aromatic rings. The Morgan fingerprint density at radius 1 is 1.64 bits per heavy atom. The van der Waals surface area contributed by atoms with Gasteiger partial charge in [-0.15, -0.1) is 0 Å². The van der Waals surface area contributed by atoms with Gasteiger partial charge >= 0.3 is 5.97 Å². The van der Waals surface area contributed by atoms with Crippen LogP contribution in [0.25, 0.3) is 0 Å². The fourth-order valence-corrected chi connectivity index (χ4v) is 2.27. The van der Waals surface area contributed by atoms with E-state index >= 15 is 0 Å². The summed E-state index contributed by atoms with van der Waals surface area (Å²) < 4.78 is 5.67. The molecule has 4 atom stereocenters.